The zero-order chi connectivity index (χ0) is 36.3. The second-order valence-corrected chi connectivity index (χ2v) is 14.8. The van der Waals surface area contributed by atoms with Crippen LogP contribution in [0.1, 0.15) is 74.5 Å². The molecule has 2 aromatic heterocycles. The van der Waals surface area contributed by atoms with Crippen molar-refractivity contribution in [2.75, 3.05) is 6.54 Å². The molecule has 0 spiro atoms. The van der Waals surface area contributed by atoms with Gasteiger partial charge in [0, 0.05) is 12.5 Å². The van der Waals surface area contributed by atoms with E-state index in [2.05, 4.69) is 30.5 Å². The first-order valence-corrected chi connectivity index (χ1v) is 18.3. The van der Waals surface area contributed by atoms with Crippen molar-refractivity contribution < 1.29 is 41.2 Å². The number of aromatic nitrogens is 3. The number of nitrogens with zero attached hydrogens (tertiary/aromatic N) is 4. The number of benzene rings is 1. The Kier molecular flexibility index (Phi) is 10.5. The zero-order valence-corrected chi connectivity index (χ0v) is 28.9. The number of halogens is 1. The molecule has 0 radical (unpaired) electrons. The summed E-state index contributed by atoms with van der Waals surface area (Å²) in [6.07, 6.45) is 7.47. The van der Waals surface area contributed by atoms with Gasteiger partial charge < -0.3 is 24.8 Å². The number of ether oxygens (including phenoxy) is 1. The number of carbonyl (C=O) groups is 4. The SMILES string of the molecule is CC1=C(/C(=O)NS(=O)(=O)C2CC2)NC(=O)[C@@H]2C[C@@H](Oc3nc4c(F)cccc4nc3C)CN2C(=O)[C@@H](NC(=O)c2ccon2)CCCCC/C=C\1. The van der Waals surface area contributed by atoms with Gasteiger partial charge in [-0.25, -0.2) is 27.5 Å². The highest BCUT2D eigenvalue weighted by Crippen LogP contribution is 2.29. The molecule has 3 atom stereocenters. The van der Waals surface area contributed by atoms with Gasteiger partial charge in [0.2, 0.25) is 27.7 Å². The van der Waals surface area contributed by atoms with E-state index in [0.29, 0.717) is 48.9 Å². The Balaban J connectivity index is 1.33. The smallest absolute Gasteiger partial charge is 0.281 e. The normalized spacial score (nSPS) is 24.2. The van der Waals surface area contributed by atoms with Gasteiger partial charge in [0.15, 0.2) is 11.5 Å². The van der Waals surface area contributed by atoms with Crippen molar-refractivity contribution >= 4 is 44.7 Å². The van der Waals surface area contributed by atoms with Gasteiger partial charge >= 0.3 is 0 Å². The molecule has 3 N–H and O–H groups in total. The summed E-state index contributed by atoms with van der Waals surface area (Å²) in [4.78, 5) is 64.9. The van der Waals surface area contributed by atoms with Crippen LogP contribution >= 0.6 is 0 Å². The van der Waals surface area contributed by atoms with Crippen LogP contribution in [0.3, 0.4) is 0 Å². The summed E-state index contributed by atoms with van der Waals surface area (Å²) in [5.41, 5.74) is 0.663. The van der Waals surface area contributed by atoms with E-state index in [1.54, 1.807) is 26.0 Å². The molecule has 3 aromatic rings. The molecule has 2 fully saturated rings. The lowest BCUT2D eigenvalue weighted by molar-refractivity contribution is -0.140. The van der Waals surface area contributed by atoms with Gasteiger partial charge in [-0.3, -0.25) is 19.2 Å². The van der Waals surface area contributed by atoms with E-state index in [1.165, 1.54) is 29.4 Å². The maximum Gasteiger partial charge on any atom is 0.281 e. The van der Waals surface area contributed by atoms with Crippen LogP contribution in [0, 0.1) is 12.7 Å². The predicted octanol–water partition coefficient (Wildman–Crippen LogP) is 2.73. The van der Waals surface area contributed by atoms with E-state index in [4.69, 9.17) is 9.26 Å². The number of hydrogen-bond donors (Lipinski definition) is 3. The molecular weight excluding hydrogens is 685 g/mol. The van der Waals surface area contributed by atoms with Crippen LogP contribution in [0.5, 0.6) is 5.88 Å². The number of allylic oxidation sites excluding steroid dienone is 3. The molecule has 270 valence electrons. The van der Waals surface area contributed by atoms with Crippen molar-refractivity contribution in [2.45, 2.75) is 88.7 Å². The molecule has 51 heavy (non-hydrogen) atoms. The Morgan fingerprint density at radius 1 is 1.06 bits per heavy atom. The Labute approximate surface area is 293 Å². The third-order valence-electron chi connectivity index (χ3n) is 8.98. The second kappa shape index (κ2) is 15.0. The van der Waals surface area contributed by atoms with E-state index < -0.39 is 62.9 Å². The summed E-state index contributed by atoms with van der Waals surface area (Å²) in [5, 5.41) is 8.29. The minimum Gasteiger partial charge on any atom is -0.471 e. The summed E-state index contributed by atoms with van der Waals surface area (Å²) >= 11 is 0. The minimum atomic E-state index is -3.96. The van der Waals surface area contributed by atoms with Crippen LogP contribution in [0.2, 0.25) is 0 Å². The minimum absolute atomic E-state index is 0.00955. The summed E-state index contributed by atoms with van der Waals surface area (Å²) in [6.45, 7) is 3.08. The van der Waals surface area contributed by atoms with Gasteiger partial charge in [0.1, 0.15) is 41.4 Å². The fourth-order valence-corrected chi connectivity index (χ4v) is 7.38. The Bertz CT molecular complexity index is 2010. The van der Waals surface area contributed by atoms with E-state index in [0.717, 1.165) is 6.42 Å². The molecule has 0 bridgehead atoms. The molecule has 1 saturated heterocycles. The molecule has 2 aliphatic heterocycles. The van der Waals surface area contributed by atoms with Crippen molar-refractivity contribution in [3.05, 3.63) is 71.2 Å². The maximum absolute atomic E-state index is 14.6. The summed E-state index contributed by atoms with van der Waals surface area (Å²) in [5.74, 6) is -3.60. The van der Waals surface area contributed by atoms with Gasteiger partial charge in [0.25, 0.3) is 11.8 Å². The highest BCUT2D eigenvalue weighted by atomic mass is 32.2. The number of sulfonamides is 1. The fraction of sp³-hybridized carbons (Fsp3) is 0.441. The lowest BCUT2D eigenvalue weighted by Gasteiger charge is -2.28. The average Bonchev–Trinajstić information content (AvgIpc) is 3.66. The van der Waals surface area contributed by atoms with Crippen LogP contribution in [-0.4, -0.2) is 82.1 Å². The largest absolute Gasteiger partial charge is 0.471 e. The monoisotopic (exact) mass is 723 g/mol. The van der Waals surface area contributed by atoms with Crippen LogP contribution < -0.4 is 20.1 Å². The maximum atomic E-state index is 14.6. The molecule has 0 unspecified atom stereocenters. The number of amides is 4. The van der Waals surface area contributed by atoms with Crippen LogP contribution in [-0.2, 0) is 24.4 Å². The number of carbonyl (C=O) groups excluding carboxylic acids is 4. The molecule has 1 aromatic carbocycles. The second-order valence-electron chi connectivity index (χ2n) is 12.9. The molecule has 1 saturated carbocycles. The first-order valence-electron chi connectivity index (χ1n) is 16.8. The number of nitrogens with one attached hydrogen (secondary N) is 3. The topological polar surface area (TPSA) is 203 Å². The fourth-order valence-electron chi connectivity index (χ4n) is 6.09. The molecule has 17 heteroatoms. The third kappa shape index (κ3) is 8.24. The third-order valence-corrected chi connectivity index (χ3v) is 10.8. The van der Waals surface area contributed by atoms with Crippen molar-refractivity contribution in [1.82, 2.24) is 35.4 Å². The van der Waals surface area contributed by atoms with Gasteiger partial charge in [0.05, 0.1) is 17.3 Å². The highest BCUT2D eigenvalue weighted by Gasteiger charge is 2.44. The lowest BCUT2D eigenvalue weighted by Crippen LogP contribution is -2.54. The predicted molar refractivity (Wildman–Crippen MR) is 180 cm³/mol. The zero-order valence-electron chi connectivity index (χ0n) is 28.1. The molecule has 6 rings (SSSR count). The summed E-state index contributed by atoms with van der Waals surface area (Å²) in [7, 11) is -3.96. The van der Waals surface area contributed by atoms with E-state index in [1.807, 2.05) is 6.08 Å². The number of para-hydroxylation sites is 1. The standard InChI is InChI=1S/C34H38FN7O8S/c1-19-9-6-4-3-5-7-11-26(37-30(43)25-15-16-49-40-25)34(46)42-18-21(50-33-20(2)36-24-12-8-10-23(35)29(24)39-33)17-27(42)31(44)38-28(19)32(45)41-51(47,48)22-13-14-22/h6,8-10,12,15-16,21-22,26-27H,3-5,7,11,13-14,17-18H2,1-2H3,(H,37,43)(H,38,44)(H,41,45)/b9-6-,28-19+/t21-,26+,27+/m1/s1. The van der Waals surface area contributed by atoms with Crippen LogP contribution in [0.25, 0.3) is 11.0 Å². The average molecular weight is 724 g/mol. The van der Waals surface area contributed by atoms with Crippen molar-refractivity contribution in [2.24, 2.45) is 0 Å². The molecule has 1 aliphatic carbocycles. The first kappa shape index (κ1) is 35.6. The van der Waals surface area contributed by atoms with Crippen LogP contribution in [0.4, 0.5) is 4.39 Å². The van der Waals surface area contributed by atoms with Crippen molar-refractivity contribution in [3.63, 3.8) is 0 Å². The number of aryl methyl sites for hydroxylation is 1. The Morgan fingerprint density at radius 3 is 2.61 bits per heavy atom. The Morgan fingerprint density at radius 2 is 1.86 bits per heavy atom. The molecular formula is C34H38FN7O8S. The van der Waals surface area contributed by atoms with Gasteiger partial charge in [-0.15, -0.1) is 0 Å². The number of rotatable bonds is 7. The summed E-state index contributed by atoms with van der Waals surface area (Å²) < 4.78 is 53.0. The van der Waals surface area contributed by atoms with Gasteiger partial charge in [-0.1, -0.05) is 36.2 Å². The molecule has 4 amide bonds. The molecule has 4 heterocycles. The van der Waals surface area contributed by atoms with E-state index >= 15 is 0 Å². The molecule has 15 nitrogen and oxygen atoms in total. The molecule has 3 aliphatic rings. The van der Waals surface area contributed by atoms with Crippen molar-refractivity contribution in [1.29, 1.82) is 0 Å². The van der Waals surface area contributed by atoms with Gasteiger partial charge in [-0.05, 0) is 63.7 Å². The first-order chi connectivity index (χ1) is 24.4. The highest BCUT2D eigenvalue weighted by molar-refractivity contribution is 7.91. The van der Waals surface area contributed by atoms with Crippen LogP contribution in [0.15, 0.2) is 58.5 Å². The van der Waals surface area contributed by atoms with Crippen molar-refractivity contribution in [3.8, 4) is 5.88 Å². The summed E-state index contributed by atoms with van der Waals surface area (Å²) in [6, 6.07) is 3.42. The van der Waals surface area contributed by atoms with E-state index in [9.17, 15) is 32.0 Å². The lowest BCUT2D eigenvalue weighted by atomic mass is 10.0. The van der Waals surface area contributed by atoms with E-state index in [-0.39, 0.29) is 42.2 Å². The van der Waals surface area contributed by atoms with Gasteiger partial charge in [-0.2, -0.15) is 0 Å². The quantitative estimate of drug-likeness (QED) is 0.324. The Hall–Kier alpha value is -5.19. The number of fused-ring (bicyclic) bond motifs is 2. The number of hydrogen-bond acceptors (Lipinski definition) is 11.